The van der Waals surface area contributed by atoms with Crippen LogP contribution in [0.5, 0.6) is 0 Å². The second kappa shape index (κ2) is 6.34. The average molecular weight is 332 g/mol. The lowest BCUT2D eigenvalue weighted by molar-refractivity contribution is -0.255. The van der Waals surface area contributed by atoms with Gasteiger partial charge < -0.3 is 9.90 Å². The van der Waals surface area contributed by atoms with Gasteiger partial charge in [0.05, 0.1) is 17.4 Å². The Bertz CT molecular complexity index is 651. The fourth-order valence-corrected chi connectivity index (χ4v) is 2.01. The van der Waals surface area contributed by atoms with Crippen LogP contribution in [0, 0.1) is 0 Å². The highest BCUT2D eigenvalue weighted by atomic mass is 79.9. The number of nitrogens with zero attached hydrogens (tertiary/aromatic N) is 1. The van der Waals surface area contributed by atoms with E-state index in [0.717, 1.165) is 15.7 Å². The minimum Gasteiger partial charge on any atom is -0.545 e. The number of aromatic carboxylic acids is 1. The lowest BCUT2D eigenvalue weighted by Crippen LogP contribution is -2.21. The number of rotatable bonds is 4. The van der Waals surface area contributed by atoms with Gasteiger partial charge in [0.2, 0.25) is 0 Å². The highest BCUT2D eigenvalue weighted by Gasteiger charge is 1.98. The standard InChI is InChI=1S/C15H13BrN2O2/c1-10(12-3-2-4-13(16)9-12)17-18-14-7-5-11(6-8-14)15(19)20/h2-9,18H,1H3,(H,19,20)/p-1/b17-10-. The van der Waals surface area contributed by atoms with Gasteiger partial charge in [-0.3, -0.25) is 5.43 Å². The molecule has 102 valence electrons. The van der Waals surface area contributed by atoms with E-state index in [0.29, 0.717) is 5.69 Å². The first-order valence-electron chi connectivity index (χ1n) is 5.94. The lowest BCUT2D eigenvalue weighted by Gasteiger charge is -2.06. The number of carbonyl (C=O) groups is 1. The molecule has 0 saturated heterocycles. The first-order valence-corrected chi connectivity index (χ1v) is 6.73. The molecule has 0 spiro atoms. The van der Waals surface area contributed by atoms with Crippen LogP contribution in [0.3, 0.4) is 0 Å². The van der Waals surface area contributed by atoms with E-state index >= 15 is 0 Å². The molecule has 0 aliphatic carbocycles. The Balaban J connectivity index is 2.10. The smallest absolute Gasteiger partial charge is 0.0715 e. The molecular formula is C15H12BrN2O2-. The number of hydrazone groups is 1. The zero-order chi connectivity index (χ0) is 14.5. The topological polar surface area (TPSA) is 64.5 Å². The second-order valence-corrected chi connectivity index (χ2v) is 5.10. The number of halogens is 1. The van der Waals surface area contributed by atoms with E-state index < -0.39 is 5.97 Å². The van der Waals surface area contributed by atoms with Crippen LogP contribution in [-0.4, -0.2) is 11.7 Å². The minimum atomic E-state index is -1.19. The van der Waals surface area contributed by atoms with Crippen LogP contribution in [0.2, 0.25) is 0 Å². The van der Waals surface area contributed by atoms with E-state index in [-0.39, 0.29) is 5.56 Å². The fourth-order valence-electron chi connectivity index (χ4n) is 1.61. The summed E-state index contributed by atoms with van der Waals surface area (Å²) in [4.78, 5) is 10.6. The maximum Gasteiger partial charge on any atom is 0.0715 e. The summed E-state index contributed by atoms with van der Waals surface area (Å²) in [5.41, 5.74) is 5.57. The van der Waals surface area contributed by atoms with Crippen LogP contribution in [0.25, 0.3) is 0 Å². The molecule has 2 aromatic rings. The number of hydrogen-bond donors (Lipinski definition) is 1. The van der Waals surface area contributed by atoms with Crippen molar-refractivity contribution in [1.29, 1.82) is 0 Å². The van der Waals surface area contributed by atoms with Crippen molar-refractivity contribution in [2.75, 3.05) is 5.43 Å². The van der Waals surface area contributed by atoms with Crippen molar-refractivity contribution in [2.45, 2.75) is 6.92 Å². The van der Waals surface area contributed by atoms with Crippen molar-refractivity contribution in [3.05, 3.63) is 64.1 Å². The highest BCUT2D eigenvalue weighted by Crippen LogP contribution is 2.13. The molecule has 0 bridgehead atoms. The quantitative estimate of drug-likeness (QED) is 0.691. The third-order valence-corrected chi connectivity index (χ3v) is 3.21. The molecule has 0 amide bonds. The van der Waals surface area contributed by atoms with E-state index in [1.54, 1.807) is 12.1 Å². The molecule has 2 aromatic carbocycles. The Morgan fingerprint density at radius 2 is 1.85 bits per heavy atom. The molecular weight excluding hydrogens is 320 g/mol. The summed E-state index contributed by atoms with van der Waals surface area (Å²) in [6.07, 6.45) is 0. The maximum atomic E-state index is 10.6. The van der Waals surface area contributed by atoms with Gasteiger partial charge in [0.15, 0.2) is 0 Å². The van der Waals surface area contributed by atoms with Gasteiger partial charge in [-0.1, -0.05) is 40.2 Å². The van der Waals surface area contributed by atoms with Crippen molar-refractivity contribution in [3.63, 3.8) is 0 Å². The average Bonchev–Trinajstić information content (AvgIpc) is 2.45. The van der Waals surface area contributed by atoms with Crippen LogP contribution < -0.4 is 10.5 Å². The Morgan fingerprint density at radius 1 is 1.15 bits per heavy atom. The van der Waals surface area contributed by atoms with Gasteiger partial charge in [-0.05, 0) is 42.3 Å². The van der Waals surface area contributed by atoms with Gasteiger partial charge in [-0.25, -0.2) is 0 Å². The first-order chi connectivity index (χ1) is 9.56. The van der Waals surface area contributed by atoms with Gasteiger partial charge in [-0.2, -0.15) is 5.10 Å². The molecule has 0 radical (unpaired) electrons. The number of carbonyl (C=O) groups excluding carboxylic acids is 1. The molecule has 0 aliphatic rings. The van der Waals surface area contributed by atoms with Crippen molar-refractivity contribution >= 4 is 33.3 Å². The molecule has 0 fully saturated rings. The monoisotopic (exact) mass is 331 g/mol. The molecule has 0 aliphatic heterocycles. The summed E-state index contributed by atoms with van der Waals surface area (Å²) in [5, 5.41) is 14.9. The molecule has 0 saturated carbocycles. The van der Waals surface area contributed by atoms with Crippen LogP contribution in [0.15, 0.2) is 58.1 Å². The van der Waals surface area contributed by atoms with E-state index in [1.165, 1.54) is 12.1 Å². The number of nitrogens with one attached hydrogen (secondary N) is 1. The molecule has 0 atom stereocenters. The highest BCUT2D eigenvalue weighted by molar-refractivity contribution is 9.10. The Hall–Kier alpha value is -2.14. The van der Waals surface area contributed by atoms with E-state index in [1.807, 2.05) is 31.2 Å². The first kappa shape index (κ1) is 14.3. The number of hydrogen-bond acceptors (Lipinski definition) is 4. The summed E-state index contributed by atoms with van der Waals surface area (Å²) in [7, 11) is 0. The Labute approximate surface area is 125 Å². The molecule has 2 rings (SSSR count). The third-order valence-electron chi connectivity index (χ3n) is 2.72. The zero-order valence-corrected chi connectivity index (χ0v) is 12.3. The van der Waals surface area contributed by atoms with Gasteiger partial charge in [0.25, 0.3) is 0 Å². The van der Waals surface area contributed by atoms with Gasteiger partial charge in [0, 0.05) is 4.47 Å². The summed E-state index contributed by atoms with van der Waals surface area (Å²) >= 11 is 3.41. The number of carboxylic acid groups (broad SMARTS) is 1. The third kappa shape index (κ3) is 3.68. The molecule has 0 unspecified atom stereocenters. The predicted octanol–water partition coefficient (Wildman–Crippen LogP) is 2.65. The predicted molar refractivity (Wildman–Crippen MR) is 80.7 cm³/mol. The van der Waals surface area contributed by atoms with Crippen LogP contribution in [-0.2, 0) is 0 Å². The molecule has 0 heterocycles. The number of benzene rings is 2. The van der Waals surface area contributed by atoms with Gasteiger partial charge in [0.1, 0.15) is 0 Å². The van der Waals surface area contributed by atoms with Crippen molar-refractivity contribution < 1.29 is 9.90 Å². The summed E-state index contributed by atoms with van der Waals surface area (Å²) in [6, 6.07) is 14.1. The zero-order valence-electron chi connectivity index (χ0n) is 10.8. The number of carboxylic acids is 1. The molecule has 20 heavy (non-hydrogen) atoms. The Kier molecular flexibility index (Phi) is 4.53. The van der Waals surface area contributed by atoms with Crippen LogP contribution in [0.4, 0.5) is 5.69 Å². The number of anilines is 1. The van der Waals surface area contributed by atoms with Crippen molar-refractivity contribution in [1.82, 2.24) is 0 Å². The Morgan fingerprint density at radius 3 is 2.45 bits per heavy atom. The summed E-state index contributed by atoms with van der Waals surface area (Å²) < 4.78 is 0.989. The van der Waals surface area contributed by atoms with Crippen LogP contribution in [0.1, 0.15) is 22.8 Å². The van der Waals surface area contributed by atoms with Crippen molar-refractivity contribution in [3.8, 4) is 0 Å². The van der Waals surface area contributed by atoms with E-state index in [9.17, 15) is 9.90 Å². The summed E-state index contributed by atoms with van der Waals surface area (Å²) in [6.45, 7) is 1.89. The fraction of sp³-hybridized carbons (Fsp3) is 0.0667. The molecule has 4 nitrogen and oxygen atoms in total. The van der Waals surface area contributed by atoms with Crippen LogP contribution >= 0.6 is 15.9 Å². The van der Waals surface area contributed by atoms with E-state index in [2.05, 4.69) is 26.5 Å². The molecule has 5 heteroatoms. The second-order valence-electron chi connectivity index (χ2n) is 4.18. The largest absolute Gasteiger partial charge is 0.545 e. The normalized spacial score (nSPS) is 11.2. The van der Waals surface area contributed by atoms with E-state index in [4.69, 9.17) is 0 Å². The van der Waals surface area contributed by atoms with Gasteiger partial charge >= 0.3 is 0 Å². The molecule has 1 N–H and O–H groups in total. The molecule has 0 aromatic heterocycles. The summed E-state index contributed by atoms with van der Waals surface area (Å²) in [5.74, 6) is -1.19. The van der Waals surface area contributed by atoms with Gasteiger partial charge in [-0.15, -0.1) is 0 Å². The maximum absolute atomic E-state index is 10.6. The minimum absolute atomic E-state index is 0.142. The van der Waals surface area contributed by atoms with Crippen molar-refractivity contribution in [2.24, 2.45) is 5.10 Å². The SMILES string of the molecule is C/C(=N/Nc1ccc(C(=O)[O-])cc1)c1cccc(Br)c1. The lowest BCUT2D eigenvalue weighted by atomic mass is 10.1.